The van der Waals surface area contributed by atoms with Gasteiger partial charge in [0, 0.05) is 25.0 Å². The lowest BCUT2D eigenvalue weighted by atomic mass is 9.65. The number of aromatic nitrogens is 6. The van der Waals surface area contributed by atoms with Crippen molar-refractivity contribution in [1.29, 1.82) is 5.26 Å². The van der Waals surface area contributed by atoms with Gasteiger partial charge in [0.15, 0.2) is 17.7 Å². The number of hydrogen-bond acceptors (Lipinski definition) is 10. The molecule has 7 rings (SSSR count). The van der Waals surface area contributed by atoms with Crippen molar-refractivity contribution in [3.63, 3.8) is 0 Å². The molecule has 4 heterocycles. The lowest BCUT2D eigenvalue weighted by Crippen LogP contribution is -2.52. The van der Waals surface area contributed by atoms with Gasteiger partial charge < -0.3 is 25.7 Å². The topological polar surface area (TPSA) is 175 Å². The monoisotopic (exact) mass is 585 g/mol. The molecule has 2 aliphatic carbocycles. The molecule has 0 amide bonds. The van der Waals surface area contributed by atoms with Gasteiger partial charge in [0.25, 0.3) is 0 Å². The van der Waals surface area contributed by atoms with E-state index in [0.29, 0.717) is 29.7 Å². The molecular weight excluding hydrogens is 546 g/mol. The summed E-state index contributed by atoms with van der Waals surface area (Å²) in [5.41, 5.74) is 9.58. The number of H-pyrrole nitrogens is 1. The van der Waals surface area contributed by atoms with Gasteiger partial charge in [-0.3, -0.25) is 9.47 Å². The van der Waals surface area contributed by atoms with Gasteiger partial charge in [-0.05, 0) is 76.0 Å². The molecule has 4 atom stereocenters. The van der Waals surface area contributed by atoms with Crippen molar-refractivity contribution < 1.29 is 14.9 Å². The van der Waals surface area contributed by atoms with Gasteiger partial charge in [-0.2, -0.15) is 5.26 Å². The van der Waals surface area contributed by atoms with E-state index in [-0.39, 0.29) is 17.3 Å². The van der Waals surface area contributed by atoms with Crippen molar-refractivity contribution in [2.24, 2.45) is 5.92 Å². The number of aliphatic hydroxyl groups excluding tert-OH is 2. The molecule has 0 bridgehead atoms. The van der Waals surface area contributed by atoms with E-state index in [1.54, 1.807) is 4.57 Å². The molecule has 5 N–H and O–H groups in total. The van der Waals surface area contributed by atoms with Crippen LogP contribution in [0.4, 0.5) is 5.82 Å². The van der Waals surface area contributed by atoms with Crippen LogP contribution >= 0.6 is 0 Å². The van der Waals surface area contributed by atoms with Crippen LogP contribution in [-0.2, 0) is 16.6 Å². The Bertz CT molecular complexity index is 1670. The van der Waals surface area contributed by atoms with Gasteiger partial charge in [-0.1, -0.05) is 6.07 Å². The average molecular weight is 586 g/mol. The van der Waals surface area contributed by atoms with Crippen molar-refractivity contribution in [3.05, 3.63) is 42.2 Å². The van der Waals surface area contributed by atoms with Gasteiger partial charge in [-0.25, -0.2) is 19.9 Å². The van der Waals surface area contributed by atoms with E-state index in [0.717, 1.165) is 67.4 Å². The molecule has 1 saturated heterocycles. The van der Waals surface area contributed by atoms with Crippen LogP contribution in [0, 0.1) is 17.2 Å². The number of benzene rings is 1. The number of nitrogens with one attached hydrogen (secondary N) is 1. The van der Waals surface area contributed by atoms with E-state index >= 15 is 0 Å². The van der Waals surface area contributed by atoms with E-state index < -0.39 is 24.5 Å². The molecule has 226 valence electrons. The van der Waals surface area contributed by atoms with Crippen LogP contribution in [0.2, 0.25) is 0 Å². The molecule has 4 aromatic rings. The maximum Gasteiger partial charge on any atom is 0.167 e. The Hall–Kier alpha value is -3.63. The minimum Gasteiger partial charge on any atom is -0.387 e. The summed E-state index contributed by atoms with van der Waals surface area (Å²) in [6, 6.07) is 9.42. The van der Waals surface area contributed by atoms with Crippen LogP contribution in [0.1, 0.15) is 70.0 Å². The number of aryl methyl sites for hydroxylation is 1. The third kappa shape index (κ3) is 4.84. The van der Waals surface area contributed by atoms with Gasteiger partial charge in [0.05, 0.1) is 28.8 Å². The highest BCUT2D eigenvalue weighted by molar-refractivity contribution is 5.81. The summed E-state index contributed by atoms with van der Waals surface area (Å²) >= 11 is 0. The number of anilines is 1. The van der Waals surface area contributed by atoms with Crippen LogP contribution in [0.5, 0.6) is 0 Å². The van der Waals surface area contributed by atoms with Crippen molar-refractivity contribution >= 4 is 28.0 Å². The minimum absolute atomic E-state index is 0.255. The Kier molecular flexibility index (Phi) is 7.09. The zero-order chi connectivity index (χ0) is 29.9. The summed E-state index contributed by atoms with van der Waals surface area (Å²) in [5.74, 6) is 1.85. The standard InChI is InChI=1S/C31H39N9O3/c1-17(2)39(13-23-26(41)27(42)30(43-23)40-16-36-25-28(33)34-15-35-29(25)40)20-10-18(11-20)4-7-24-37-21-6-5-19(12-22(21)38-24)31(14-32)8-3-9-31/h5-6,12,15-18,20,23,26-27,30,41-42H,3-4,7-11,13H2,1-2H3,(H,37,38)(H2,33,34,35)/t18?,20?,23-,26+,27-,30-/m1/s1. The summed E-state index contributed by atoms with van der Waals surface area (Å²) in [6.07, 6.45) is 6.41. The highest BCUT2D eigenvalue weighted by atomic mass is 16.6. The number of rotatable bonds is 9. The number of nitrogens with two attached hydrogens (primary N) is 1. The molecule has 0 spiro atoms. The third-order valence-electron chi connectivity index (χ3n) is 10.0. The highest BCUT2D eigenvalue weighted by Gasteiger charge is 2.46. The summed E-state index contributed by atoms with van der Waals surface area (Å²) in [5, 5.41) is 31.6. The second kappa shape index (κ2) is 10.8. The van der Waals surface area contributed by atoms with Gasteiger partial charge in [0.1, 0.15) is 36.0 Å². The van der Waals surface area contributed by atoms with Crippen molar-refractivity contribution in [1.82, 2.24) is 34.4 Å². The molecule has 3 aromatic heterocycles. The Morgan fingerprint density at radius 1 is 1.21 bits per heavy atom. The first-order valence-corrected chi connectivity index (χ1v) is 15.4. The number of hydrogen-bond donors (Lipinski definition) is 4. The lowest BCUT2D eigenvalue weighted by molar-refractivity contribution is -0.0620. The van der Waals surface area contributed by atoms with Crippen LogP contribution in [0.25, 0.3) is 22.2 Å². The van der Waals surface area contributed by atoms with Crippen molar-refractivity contribution in [2.45, 2.75) is 101 Å². The largest absolute Gasteiger partial charge is 0.387 e. The molecule has 12 nitrogen and oxygen atoms in total. The van der Waals surface area contributed by atoms with Crippen LogP contribution in [0.3, 0.4) is 0 Å². The number of fused-ring (bicyclic) bond motifs is 2. The predicted octanol–water partition coefficient (Wildman–Crippen LogP) is 2.97. The number of nitriles is 1. The highest BCUT2D eigenvalue weighted by Crippen LogP contribution is 2.44. The number of aliphatic hydroxyl groups is 2. The number of nitrogens with zero attached hydrogens (tertiary/aromatic N) is 7. The fourth-order valence-electron chi connectivity index (χ4n) is 7.18. The zero-order valence-corrected chi connectivity index (χ0v) is 24.6. The second-order valence-corrected chi connectivity index (χ2v) is 12.9. The summed E-state index contributed by atoms with van der Waals surface area (Å²) in [7, 11) is 0. The molecule has 1 aliphatic heterocycles. The first-order valence-electron chi connectivity index (χ1n) is 15.4. The predicted molar refractivity (Wildman–Crippen MR) is 160 cm³/mol. The molecule has 12 heteroatoms. The van der Waals surface area contributed by atoms with Gasteiger partial charge >= 0.3 is 0 Å². The molecule has 3 fully saturated rings. The smallest absolute Gasteiger partial charge is 0.167 e. The molecule has 3 aliphatic rings. The summed E-state index contributed by atoms with van der Waals surface area (Å²) in [6.45, 7) is 4.84. The van der Waals surface area contributed by atoms with E-state index in [4.69, 9.17) is 15.5 Å². The van der Waals surface area contributed by atoms with Crippen LogP contribution in [-0.4, -0.2) is 81.5 Å². The Balaban J connectivity index is 0.956. The van der Waals surface area contributed by atoms with Gasteiger partial charge in [-0.15, -0.1) is 0 Å². The van der Waals surface area contributed by atoms with Crippen LogP contribution < -0.4 is 5.73 Å². The molecule has 43 heavy (non-hydrogen) atoms. The first-order chi connectivity index (χ1) is 20.8. The van der Waals surface area contributed by atoms with E-state index in [9.17, 15) is 15.5 Å². The minimum atomic E-state index is -1.12. The molecule has 0 radical (unpaired) electrons. The molecule has 1 aromatic carbocycles. The zero-order valence-electron chi connectivity index (χ0n) is 24.6. The number of nitrogen functional groups attached to an aromatic ring is 1. The fraction of sp³-hybridized carbons (Fsp3) is 0.581. The molecule has 0 unspecified atom stereocenters. The third-order valence-corrected chi connectivity index (χ3v) is 10.0. The summed E-state index contributed by atoms with van der Waals surface area (Å²) < 4.78 is 7.86. The summed E-state index contributed by atoms with van der Waals surface area (Å²) in [4.78, 5) is 23.2. The number of aromatic amines is 1. The number of imidazole rings is 2. The van der Waals surface area contributed by atoms with E-state index in [1.807, 2.05) is 6.07 Å². The SMILES string of the molecule is CC(C)N(C[C@H]1O[C@@H](n2cnc3c(N)ncnc32)[C@H](O)[C@H]1O)C1CC(CCc2nc3ccc(C4(C#N)CCC4)cc3[nH]2)C1. The maximum absolute atomic E-state index is 11.0. The van der Waals surface area contributed by atoms with E-state index in [2.05, 4.69) is 56.9 Å². The molecular formula is C31H39N9O3. The Morgan fingerprint density at radius 2 is 2.02 bits per heavy atom. The van der Waals surface area contributed by atoms with Crippen molar-refractivity contribution in [2.75, 3.05) is 12.3 Å². The lowest BCUT2D eigenvalue weighted by Gasteiger charge is -2.46. The number of ether oxygens (including phenoxy) is 1. The fourth-order valence-corrected chi connectivity index (χ4v) is 7.18. The Morgan fingerprint density at radius 3 is 2.74 bits per heavy atom. The van der Waals surface area contributed by atoms with Gasteiger partial charge in [0.2, 0.25) is 0 Å². The second-order valence-electron chi connectivity index (χ2n) is 12.9. The average Bonchev–Trinajstić information content (AvgIpc) is 3.63. The maximum atomic E-state index is 11.0. The Labute approximate surface area is 249 Å². The molecule has 2 saturated carbocycles. The van der Waals surface area contributed by atoms with E-state index in [1.165, 1.54) is 12.7 Å². The van der Waals surface area contributed by atoms with Crippen molar-refractivity contribution in [3.8, 4) is 6.07 Å². The first kappa shape index (κ1) is 28.2. The van der Waals surface area contributed by atoms with Crippen LogP contribution in [0.15, 0.2) is 30.9 Å². The normalized spacial score (nSPS) is 28.4. The quantitative estimate of drug-likeness (QED) is 0.228.